The van der Waals surface area contributed by atoms with Crippen molar-refractivity contribution in [3.05, 3.63) is 45.8 Å². The average Bonchev–Trinajstić information content (AvgIpc) is 2.52. The van der Waals surface area contributed by atoms with E-state index in [-0.39, 0.29) is 5.69 Å². The molecule has 0 spiro atoms. The summed E-state index contributed by atoms with van der Waals surface area (Å²) < 4.78 is 6.90. The zero-order chi connectivity index (χ0) is 11.7. The van der Waals surface area contributed by atoms with Crippen molar-refractivity contribution in [1.29, 1.82) is 0 Å². The third-order valence-corrected chi connectivity index (χ3v) is 2.36. The molecule has 5 heteroatoms. The molecule has 0 bridgehead atoms. The highest BCUT2D eigenvalue weighted by atomic mass is 16.4. The highest BCUT2D eigenvalue weighted by molar-refractivity contribution is 5.06. The van der Waals surface area contributed by atoms with E-state index < -0.39 is 0 Å². The summed E-state index contributed by atoms with van der Waals surface area (Å²) in [6.07, 6.45) is 3.29. The second-order valence-corrected chi connectivity index (χ2v) is 3.79. The Bertz CT molecular complexity index is 549. The highest BCUT2D eigenvalue weighted by Crippen LogP contribution is 2.08. The van der Waals surface area contributed by atoms with Gasteiger partial charge in [-0.25, -0.2) is 14.8 Å². The van der Waals surface area contributed by atoms with Crippen molar-refractivity contribution in [3.8, 4) is 0 Å². The molecule has 0 aliphatic carbocycles. The molecule has 0 fully saturated rings. The predicted octanol–water partition coefficient (Wildman–Crippen LogP) is 1.20. The topological polar surface area (TPSA) is 60.9 Å². The Morgan fingerprint density at radius 2 is 2.12 bits per heavy atom. The van der Waals surface area contributed by atoms with Crippen molar-refractivity contribution >= 4 is 0 Å². The van der Waals surface area contributed by atoms with Gasteiger partial charge in [0.25, 0.3) is 0 Å². The van der Waals surface area contributed by atoms with Crippen LogP contribution in [0.25, 0.3) is 0 Å². The molecule has 0 saturated heterocycles. The lowest BCUT2D eigenvalue weighted by Crippen LogP contribution is -2.22. The number of rotatable bonds is 2. The van der Waals surface area contributed by atoms with Crippen molar-refractivity contribution in [2.75, 3.05) is 0 Å². The van der Waals surface area contributed by atoms with Crippen molar-refractivity contribution in [1.82, 2.24) is 14.5 Å². The van der Waals surface area contributed by atoms with E-state index in [1.54, 1.807) is 12.4 Å². The third-order valence-electron chi connectivity index (χ3n) is 2.36. The second kappa shape index (κ2) is 3.92. The van der Waals surface area contributed by atoms with Crippen LogP contribution < -0.4 is 5.69 Å². The quantitative estimate of drug-likeness (QED) is 0.761. The van der Waals surface area contributed by atoms with Gasteiger partial charge in [0.15, 0.2) is 0 Å². The minimum absolute atomic E-state index is 0.292. The standard InChI is InChI=1S/C11H13N3O2/c1-7-4-12-11(15)14(5-7)6-10-13-8(2)9(3)16-10/h4-5H,6H2,1-3H3. The third kappa shape index (κ3) is 2.03. The van der Waals surface area contributed by atoms with Crippen LogP contribution in [0.15, 0.2) is 21.6 Å². The summed E-state index contributed by atoms with van der Waals surface area (Å²) in [6.45, 7) is 5.93. The van der Waals surface area contributed by atoms with Gasteiger partial charge in [0, 0.05) is 12.4 Å². The van der Waals surface area contributed by atoms with Crippen molar-refractivity contribution < 1.29 is 4.42 Å². The number of oxazole rings is 1. The molecule has 0 aromatic carbocycles. The van der Waals surface area contributed by atoms with E-state index >= 15 is 0 Å². The first kappa shape index (κ1) is 10.6. The summed E-state index contributed by atoms with van der Waals surface area (Å²) in [5.74, 6) is 1.31. The lowest BCUT2D eigenvalue weighted by Gasteiger charge is -2.01. The fourth-order valence-electron chi connectivity index (χ4n) is 1.43. The molecule has 2 aromatic heterocycles. The van der Waals surface area contributed by atoms with Gasteiger partial charge in [0.2, 0.25) is 5.89 Å². The van der Waals surface area contributed by atoms with Crippen molar-refractivity contribution in [2.45, 2.75) is 27.3 Å². The van der Waals surface area contributed by atoms with Crippen LogP contribution in [-0.4, -0.2) is 14.5 Å². The molecule has 0 N–H and O–H groups in total. The number of hydrogen-bond acceptors (Lipinski definition) is 4. The minimum atomic E-state index is -0.292. The van der Waals surface area contributed by atoms with Gasteiger partial charge in [-0.3, -0.25) is 4.57 Å². The summed E-state index contributed by atoms with van der Waals surface area (Å²) in [7, 11) is 0. The molecule has 0 amide bonds. The SMILES string of the molecule is Cc1cnc(=O)n(Cc2nc(C)c(C)o2)c1. The van der Waals surface area contributed by atoms with Crippen LogP contribution in [0.4, 0.5) is 0 Å². The Labute approximate surface area is 92.8 Å². The van der Waals surface area contributed by atoms with Gasteiger partial charge in [0.05, 0.1) is 5.69 Å². The lowest BCUT2D eigenvalue weighted by atomic mass is 10.4. The maximum Gasteiger partial charge on any atom is 0.347 e. The van der Waals surface area contributed by atoms with Gasteiger partial charge < -0.3 is 4.42 Å². The van der Waals surface area contributed by atoms with E-state index in [1.165, 1.54) is 4.57 Å². The maximum atomic E-state index is 11.4. The normalized spacial score (nSPS) is 10.7. The number of aryl methyl sites for hydroxylation is 3. The Morgan fingerprint density at radius 1 is 1.38 bits per heavy atom. The van der Waals surface area contributed by atoms with Crippen LogP contribution in [0.3, 0.4) is 0 Å². The molecule has 0 aliphatic rings. The zero-order valence-electron chi connectivity index (χ0n) is 9.52. The van der Waals surface area contributed by atoms with Crippen molar-refractivity contribution in [2.24, 2.45) is 0 Å². The van der Waals surface area contributed by atoms with Gasteiger partial charge in [-0.05, 0) is 26.3 Å². The highest BCUT2D eigenvalue weighted by Gasteiger charge is 2.07. The first-order valence-corrected chi connectivity index (χ1v) is 5.02. The summed E-state index contributed by atoms with van der Waals surface area (Å²) in [5, 5.41) is 0. The van der Waals surface area contributed by atoms with Gasteiger partial charge in [-0.1, -0.05) is 0 Å². The second-order valence-electron chi connectivity index (χ2n) is 3.79. The Hall–Kier alpha value is -1.91. The predicted molar refractivity (Wildman–Crippen MR) is 58.3 cm³/mol. The van der Waals surface area contributed by atoms with Crippen molar-refractivity contribution in [3.63, 3.8) is 0 Å². The van der Waals surface area contributed by atoms with E-state index in [9.17, 15) is 4.79 Å². The van der Waals surface area contributed by atoms with Crippen LogP contribution in [0.5, 0.6) is 0 Å². The molecule has 0 radical (unpaired) electrons. The van der Waals surface area contributed by atoms with Gasteiger partial charge >= 0.3 is 5.69 Å². The first-order chi connectivity index (χ1) is 7.56. The molecule has 84 valence electrons. The smallest absolute Gasteiger partial charge is 0.347 e. The van der Waals surface area contributed by atoms with Gasteiger partial charge in [-0.2, -0.15) is 0 Å². The first-order valence-electron chi connectivity index (χ1n) is 5.02. The molecular weight excluding hydrogens is 206 g/mol. The monoisotopic (exact) mass is 219 g/mol. The fourth-order valence-corrected chi connectivity index (χ4v) is 1.43. The largest absolute Gasteiger partial charge is 0.444 e. The lowest BCUT2D eigenvalue weighted by molar-refractivity contribution is 0.451. The number of nitrogens with zero attached hydrogens (tertiary/aromatic N) is 3. The molecule has 2 heterocycles. The van der Waals surface area contributed by atoms with Crippen LogP contribution >= 0.6 is 0 Å². The van der Waals surface area contributed by atoms with E-state index in [1.807, 2.05) is 20.8 Å². The number of hydrogen-bond donors (Lipinski definition) is 0. The zero-order valence-corrected chi connectivity index (χ0v) is 9.52. The molecule has 2 aromatic rings. The number of aromatic nitrogens is 3. The minimum Gasteiger partial charge on any atom is -0.444 e. The Kier molecular flexibility index (Phi) is 2.60. The summed E-state index contributed by atoms with van der Waals surface area (Å²) in [6, 6.07) is 0. The van der Waals surface area contributed by atoms with E-state index in [0.29, 0.717) is 12.4 Å². The van der Waals surface area contributed by atoms with E-state index in [0.717, 1.165) is 17.0 Å². The molecule has 0 atom stereocenters. The van der Waals surface area contributed by atoms with Gasteiger partial charge in [0.1, 0.15) is 12.3 Å². The molecule has 2 rings (SSSR count). The maximum absolute atomic E-state index is 11.4. The molecule has 0 aliphatic heterocycles. The Balaban J connectivity index is 2.33. The molecular formula is C11H13N3O2. The molecule has 16 heavy (non-hydrogen) atoms. The molecule has 5 nitrogen and oxygen atoms in total. The van der Waals surface area contributed by atoms with E-state index in [4.69, 9.17) is 4.42 Å². The van der Waals surface area contributed by atoms with Crippen LogP contribution in [0, 0.1) is 20.8 Å². The summed E-state index contributed by atoms with van der Waals surface area (Å²) in [5.41, 5.74) is 1.49. The molecule has 0 unspecified atom stereocenters. The Morgan fingerprint density at radius 3 is 2.75 bits per heavy atom. The van der Waals surface area contributed by atoms with Gasteiger partial charge in [-0.15, -0.1) is 0 Å². The fraction of sp³-hybridized carbons (Fsp3) is 0.364. The summed E-state index contributed by atoms with van der Waals surface area (Å²) >= 11 is 0. The summed E-state index contributed by atoms with van der Waals surface area (Å²) in [4.78, 5) is 19.4. The van der Waals surface area contributed by atoms with Crippen LogP contribution in [-0.2, 0) is 6.54 Å². The average molecular weight is 219 g/mol. The van der Waals surface area contributed by atoms with Crippen LogP contribution in [0.1, 0.15) is 22.9 Å². The van der Waals surface area contributed by atoms with Crippen LogP contribution in [0.2, 0.25) is 0 Å². The van der Waals surface area contributed by atoms with E-state index in [2.05, 4.69) is 9.97 Å². The molecule has 0 saturated carbocycles.